The van der Waals surface area contributed by atoms with E-state index >= 15 is 0 Å². The van der Waals surface area contributed by atoms with Crippen molar-refractivity contribution in [2.24, 2.45) is 0 Å². The molecule has 0 unspecified atom stereocenters. The van der Waals surface area contributed by atoms with Gasteiger partial charge in [0.1, 0.15) is 0 Å². The molecule has 0 aliphatic carbocycles. The monoisotopic (exact) mass is 367 g/mol. The summed E-state index contributed by atoms with van der Waals surface area (Å²) in [7, 11) is 0. The molecular formula is C16H8F6LiNO2. The van der Waals surface area contributed by atoms with Gasteiger partial charge in [0.25, 0.3) is 0 Å². The van der Waals surface area contributed by atoms with Crippen molar-refractivity contribution in [2.75, 3.05) is 0 Å². The Morgan fingerprint density at radius 3 is 1.12 bits per heavy atom. The Morgan fingerprint density at radius 1 is 0.615 bits per heavy atom. The van der Waals surface area contributed by atoms with Crippen LogP contribution in [0, 0.1) is 0 Å². The smallest absolute Gasteiger partial charge is 0.588 e. The van der Waals surface area contributed by atoms with Crippen molar-refractivity contribution in [1.29, 1.82) is 0 Å². The molecule has 10 heteroatoms. The molecule has 26 heavy (non-hydrogen) atoms. The van der Waals surface area contributed by atoms with Gasteiger partial charge in [-0.1, -0.05) is 24.3 Å². The molecule has 3 nitrogen and oxygen atoms in total. The summed E-state index contributed by atoms with van der Waals surface area (Å²) in [6.07, 6.45) is -9.15. The van der Waals surface area contributed by atoms with Gasteiger partial charge < -0.3 is 14.9 Å². The summed E-state index contributed by atoms with van der Waals surface area (Å²) < 4.78 is 74.6. The van der Waals surface area contributed by atoms with E-state index in [1.165, 1.54) is 0 Å². The van der Waals surface area contributed by atoms with Gasteiger partial charge in [0, 0.05) is 0 Å². The molecule has 0 spiro atoms. The molecule has 0 atom stereocenters. The molecule has 0 heterocycles. The Hall–Kier alpha value is -2.24. The minimum absolute atomic E-state index is 0. The Morgan fingerprint density at radius 2 is 0.885 bits per heavy atom. The first-order chi connectivity index (χ1) is 11.5. The third kappa shape index (κ3) is 5.38. The van der Waals surface area contributed by atoms with E-state index in [2.05, 4.69) is 5.32 Å². The maximum atomic E-state index is 12.4. The largest absolute Gasteiger partial charge is 1.00 e. The van der Waals surface area contributed by atoms with E-state index in [0.29, 0.717) is 24.3 Å². The van der Waals surface area contributed by atoms with E-state index in [-0.39, 0.29) is 30.0 Å². The number of imide groups is 1. The van der Waals surface area contributed by atoms with Gasteiger partial charge in [-0.3, -0.25) is 0 Å². The van der Waals surface area contributed by atoms with Crippen LogP contribution in [0.25, 0.3) is 5.32 Å². The van der Waals surface area contributed by atoms with Gasteiger partial charge in [0.2, 0.25) is 0 Å². The van der Waals surface area contributed by atoms with Gasteiger partial charge >= 0.3 is 31.2 Å². The van der Waals surface area contributed by atoms with Crippen LogP contribution in [0.3, 0.4) is 0 Å². The minimum atomic E-state index is -4.57. The maximum Gasteiger partial charge on any atom is 1.00 e. The fraction of sp³-hybridized carbons (Fsp3) is 0.125. The molecule has 0 saturated carbocycles. The Balaban J connectivity index is 0.00000338. The average Bonchev–Trinajstić information content (AvgIpc) is 2.53. The number of nitrogens with zero attached hydrogens (tertiary/aromatic N) is 1. The fourth-order valence-electron chi connectivity index (χ4n) is 1.82. The molecule has 0 bridgehead atoms. The van der Waals surface area contributed by atoms with Gasteiger partial charge in [-0.05, 0) is 35.4 Å². The molecule has 0 aliphatic rings. The first-order valence-electron chi connectivity index (χ1n) is 6.63. The molecule has 2 aromatic carbocycles. The number of amides is 2. The number of carbonyl (C=O) groups is 2. The van der Waals surface area contributed by atoms with Crippen LogP contribution in [0.15, 0.2) is 48.5 Å². The normalized spacial score (nSPS) is 11.5. The molecule has 0 saturated heterocycles. The third-order valence-electron chi connectivity index (χ3n) is 3.12. The molecule has 0 fully saturated rings. The zero-order valence-corrected chi connectivity index (χ0v) is 13.2. The summed E-state index contributed by atoms with van der Waals surface area (Å²) >= 11 is 0. The number of benzene rings is 2. The molecular weight excluding hydrogens is 359 g/mol. The molecule has 0 aromatic heterocycles. The van der Waals surface area contributed by atoms with Crippen molar-refractivity contribution in [3.05, 3.63) is 76.1 Å². The number of hydrogen-bond donors (Lipinski definition) is 0. The van der Waals surface area contributed by atoms with E-state index in [9.17, 15) is 35.9 Å². The molecule has 0 N–H and O–H groups in total. The van der Waals surface area contributed by atoms with Crippen molar-refractivity contribution in [2.45, 2.75) is 12.4 Å². The van der Waals surface area contributed by atoms with Crippen molar-refractivity contribution >= 4 is 11.8 Å². The number of rotatable bonds is 2. The van der Waals surface area contributed by atoms with E-state index in [1.807, 2.05) is 0 Å². The summed E-state index contributed by atoms with van der Waals surface area (Å²) in [4.78, 5) is 23.5. The van der Waals surface area contributed by atoms with E-state index < -0.39 is 35.3 Å². The first kappa shape index (κ1) is 21.8. The topological polar surface area (TPSA) is 48.2 Å². The number of carbonyl (C=O) groups excluding carboxylic acids is 2. The summed E-state index contributed by atoms with van der Waals surface area (Å²) in [5.41, 5.74) is -2.46. The molecule has 2 amide bonds. The zero-order chi connectivity index (χ0) is 18.8. The van der Waals surface area contributed by atoms with Crippen LogP contribution in [-0.2, 0) is 12.4 Å². The van der Waals surface area contributed by atoms with Crippen molar-refractivity contribution < 1.29 is 54.8 Å². The molecule has 0 aliphatic heterocycles. The standard InChI is InChI=1S/C16H9F6NO2.Li/c17-15(18,19)11-5-1-9(2-6-11)13(24)23-14(25)10-3-7-12(8-4-10)16(20,21)22;/h1-8H,(H,23,24,25);/q;+1/p-1. The first-order valence-corrected chi connectivity index (χ1v) is 6.63. The average molecular weight is 367 g/mol. The Kier molecular flexibility index (Phi) is 6.69. The van der Waals surface area contributed by atoms with Gasteiger partial charge in [-0.15, -0.1) is 0 Å². The van der Waals surface area contributed by atoms with Gasteiger partial charge in [-0.25, -0.2) is 0 Å². The number of halogens is 6. The molecule has 2 rings (SSSR count). The fourth-order valence-corrected chi connectivity index (χ4v) is 1.82. The summed E-state index contributed by atoms with van der Waals surface area (Å²) in [5, 5.41) is 3.16. The van der Waals surface area contributed by atoms with E-state index in [1.54, 1.807) is 0 Å². The predicted octanol–water partition coefficient (Wildman–Crippen LogP) is 2.08. The number of hydrogen-bond acceptors (Lipinski definition) is 2. The van der Waals surface area contributed by atoms with Crippen LogP contribution in [0.1, 0.15) is 31.8 Å². The zero-order valence-electron chi connectivity index (χ0n) is 13.2. The molecule has 0 radical (unpaired) electrons. The summed E-state index contributed by atoms with van der Waals surface area (Å²) in [6.45, 7) is 0. The van der Waals surface area contributed by atoms with Gasteiger partial charge in [0.05, 0.1) is 22.9 Å². The van der Waals surface area contributed by atoms with E-state index in [4.69, 9.17) is 0 Å². The number of alkyl halides is 6. The maximum absolute atomic E-state index is 12.4. The van der Waals surface area contributed by atoms with Crippen LogP contribution in [0.5, 0.6) is 0 Å². The second-order valence-corrected chi connectivity index (χ2v) is 4.87. The predicted molar refractivity (Wildman–Crippen MR) is 74.9 cm³/mol. The van der Waals surface area contributed by atoms with Crippen LogP contribution in [-0.4, -0.2) is 11.8 Å². The second-order valence-electron chi connectivity index (χ2n) is 4.87. The Labute approximate surface area is 155 Å². The summed E-state index contributed by atoms with van der Waals surface area (Å²) in [6, 6.07) is 6.06. The van der Waals surface area contributed by atoms with E-state index in [0.717, 1.165) is 24.3 Å². The van der Waals surface area contributed by atoms with Crippen LogP contribution >= 0.6 is 0 Å². The third-order valence-corrected chi connectivity index (χ3v) is 3.12. The molecule has 2 aromatic rings. The second kappa shape index (κ2) is 7.97. The van der Waals surface area contributed by atoms with Crippen molar-refractivity contribution in [1.82, 2.24) is 0 Å². The molecule has 132 valence electrons. The van der Waals surface area contributed by atoms with Crippen molar-refractivity contribution in [3.8, 4) is 0 Å². The van der Waals surface area contributed by atoms with Gasteiger partial charge in [-0.2, -0.15) is 26.3 Å². The summed E-state index contributed by atoms with van der Waals surface area (Å²) in [5.74, 6) is -2.20. The minimum Gasteiger partial charge on any atom is -0.588 e. The van der Waals surface area contributed by atoms with Crippen molar-refractivity contribution in [3.63, 3.8) is 0 Å². The van der Waals surface area contributed by atoms with Gasteiger partial charge in [0.15, 0.2) is 0 Å². The van der Waals surface area contributed by atoms with Crippen LogP contribution in [0.2, 0.25) is 0 Å². The van der Waals surface area contributed by atoms with Crippen LogP contribution in [0.4, 0.5) is 26.3 Å². The van der Waals surface area contributed by atoms with Crippen LogP contribution < -0.4 is 18.9 Å². The quantitative estimate of drug-likeness (QED) is 0.464. The Bertz CT molecular complexity index is 715. The SMILES string of the molecule is O=C([N-]C(=O)c1ccc(C(F)(F)F)cc1)c1ccc(C(F)(F)F)cc1.[Li+].